The van der Waals surface area contributed by atoms with Gasteiger partial charge in [-0.3, -0.25) is 0 Å². The second kappa shape index (κ2) is 6.42. The number of aromatic nitrogens is 1. The molecule has 1 saturated heterocycles. The van der Waals surface area contributed by atoms with Gasteiger partial charge < -0.3 is 24.0 Å². The van der Waals surface area contributed by atoms with Crippen LogP contribution in [0.2, 0.25) is 0 Å². The van der Waals surface area contributed by atoms with Crippen LogP contribution in [0.25, 0.3) is 10.9 Å². The summed E-state index contributed by atoms with van der Waals surface area (Å²) >= 11 is 0. The van der Waals surface area contributed by atoms with Crippen molar-refractivity contribution in [2.75, 3.05) is 39.5 Å². The van der Waals surface area contributed by atoms with Crippen LogP contribution < -0.4 is 9.47 Å². The van der Waals surface area contributed by atoms with Crippen molar-refractivity contribution >= 4 is 10.9 Å². The molecule has 2 aromatic rings. The minimum Gasteiger partial charge on any atom is -0.486 e. The number of ether oxygens (including phenoxy) is 2. The zero-order chi connectivity index (χ0) is 15.6. The van der Waals surface area contributed by atoms with Gasteiger partial charge in [0, 0.05) is 30.7 Å². The minimum absolute atomic E-state index is 0.143. The highest BCUT2D eigenvalue weighted by Crippen LogP contribution is 2.36. The fourth-order valence-corrected chi connectivity index (χ4v) is 3.68. The van der Waals surface area contributed by atoms with E-state index in [4.69, 9.17) is 9.47 Å². The Morgan fingerprint density at radius 2 is 1.74 bits per heavy atom. The first kappa shape index (κ1) is 14.8. The maximum Gasteiger partial charge on any atom is 0.163 e. The Morgan fingerprint density at radius 3 is 2.48 bits per heavy atom. The predicted molar refractivity (Wildman–Crippen MR) is 89.4 cm³/mol. The van der Waals surface area contributed by atoms with Crippen LogP contribution in [0.15, 0.2) is 18.3 Å². The first-order valence-corrected chi connectivity index (χ1v) is 8.60. The highest BCUT2D eigenvalue weighted by atomic mass is 16.6. The van der Waals surface area contributed by atoms with E-state index in [1.54, 1.807) is 0 Å². The lowest BCUT2D eigenvalue weighted by Crippen LogP contribution is -2.21. The van der Waals surface area contributed by atoms with Crippen molar-refractivity contribution in [2.45, 2.75) is 25.8 Å². The van der Waals surface area contributed by atoms with Crippen molar-refractivity contribution in [2.24, 2.45) is 0 Å². The number of likely N-dealkylation sites (tertiary alicyclic amines) is 1. The number of benzene rings is 1. The number of fused-ring (bicyclic) bond motifs is 2. The fraction of sp³-hybridized carbons (Fsp3) is 0.556. The molecule has 0 atom stereocenters. The van der Waals surface area contributed by atoms with Crippen molar-refractivity contribution in [3.63, 3.8) is 0 Å². The van der Waals surface area contributed by atoms with E-state index < -0.39 is 0 Å². The van der Waals surface area contributed by atoms with Gasteiger partial charge in [-0.2, -0.15) is 0 Å². The summed E-state index contributed by atoms with van der Waals surface area (Å²) in [5.41, 5.74) is 2.46. The average molecular weight is 316 g/mol. The molecule has 0 radical (unpaired) electrons. The third-order valence-corrected chi connectivity index (χ3v) is 4.86. The molecule has 23 heavy (non-hydrogen) atoms. The predicted octanol–water partition coefficient (Wildman–Crippen LogP) is 2.04. The lowest BCUT2D eigenvalue weighted by atomic mass is 10.1. The number of nitrogens with zero attached hydrogens (tertiary/aromatic N) is 2. The maximum atomic E-state index is 9.34. The van der Waals surface area contributed by atoms with Crippen molar-refractivity contribution in [3.8, 4) is 11.5 Å². The van der Waals surface area contributed by atoms with Crippen LogP contribution >= 0.6 is 0 Å². The SMILES string of the molecule is OCCn1cc(CCN2CCCC2)c2cc3c(cc21)OCCO3. The number of aliphatic hydroxyl groups is 1. The molecule has 0 bridgehead atoms. The van der Waals surface area contributed by atoms with E-state index >= 15 is 0 Å². The summed E-state index contributed by atoms with van der Waals surface area (Å²) in [6.07, 6.45) is 5.87. The summed E-state index contributed by atoms with van der Waals surface area (Å²) in [4.78, 5) is 2.53. The largest absolute Gasteiger partial charge is 0.486 e. The Morgan fingerprint density at radius 1 is 1.00 bits per heavy atom. The first-order chi connectivity index (χ1) is 11.3. The monoisotopic (exact) mass is 316 g/mol. The Labute approximate surface area is 136 Å². The van der Waals surface area contributed by atoms with Gasteiger partial charge in [-0.05, 0) is 44.0 Å². The average Bonchev–Trinajstić information content (AvgIpc) is 3.20. The van der Waals surface area contributed by atoms with Crippen LogP contribution in [0.5, 0.6) is 11.5 Å². The molecule has 124 valence electrons. The van der Waals surface area contributed by atoms with Gasteiger partial charge in [-0.15, -0.1) is 0 Å². The zero-order valence-electron chi connectivity index (χ0n) is 13.5. The number of rotatable bonds is 5. The van der Waals surface area contributed by atoms with Crippen LogP contribution in [0.3, 0.4) is 0 Å². The summed E-state index contributed by atoms with van der Waals surface area (Å²) in [5.74, 6) is 1.65. The molecule has 1 aromatic carbocycles. The van der Waals surface area contributed by atoms with E-state index in [1.807, 2.05) is 0 Å². The number of aliphatic hydroxyl groups excluding tert-OH is 1. The molecule has 4 rings (SSSR count). The Hall–Kier alpha value is -1.72. The van der Waals surface area contributed by atoms with Crippen molar-refractivity contribution in [3.05, 3.63) is 23.9 Å². The van der Waals surface area contributed by atoms with Gasteiger partial charge in [0.1, 0.15) is 13.2 Å². The second-order valence-corrected chi connectivity index (χ2v) is 6.38. The molecular weight excluding hydrogens is 292 g/mol. The van der Waals surface area contributed by atoms with E-state index in [-0.39, 0.29) is 6.61 Å². The molecule has 0 unspecified atom stereocenters. The van der Waals surface area contributed by atoms with E-state index in [9.17, 15) is 5.11 Å². The van der Waals surface area contributed by atoms with Gasteiger partial charge >= 0.3 is 0 Å². The third-order valence-electron chi connectivity index (χ3n) is 4.86. The molecule has 5 heteroatoms. The maximum absolute atomic E-state index is 9.34. The number of hydrogen-bond donors (Lipinski definition) is 1. The molecule has 5 nitrogen and oxygen atoms in total. The molecule has 1 aromatic heterocycles. The fourth-order valence-electron chi connectivity index (χ4n) is 3.68. The second-order valence-electron chi connectivity index (χ2n) is 6.38. The summed E-state index contributed by atoms with van der Waals surface area (Å²) in [7, 11) is 0. The molecule has 2 aliphatic rings. The summed E-state index contributed by atoms with van der Waals surface area (Å²) in [6.45, 7) is 5.51. The van der Waals surface area contributed by atoms with Gasteiger partial charge in [0.15, 0.2) is 11.5 Å². The van der Waals surface area contributed by atoms with Crippen LogP contribution in [0.4, 0.5) is 0 Å². The molecule has 0 aliphatic carbocycles. The van der Waals surface area contributed by atoms with E-state index in [2.05, 4.69) is 27.8 Å². The quantitative estimate of drug-likeness (QED) is 0.917. The van der Waals surface area contributed by atoms with Crippen LogP contribution in [-0.2, 0) is 13.0 Å². The smallest absolute Gasteiger partial charge is 0.163 e. The van der Waals surface area contributed by atoms with Crippen LogP contribution in [0.1, 0.15) is 18.4 Å². The van der Waals surface area contributed by atoms with Gasteiger partial charge in [0.25, 0.3) is 0 Å². The van der Waals surface area contributed by atoms with E-state index in [0.29, 0.717) is 19.8 Å². The van der Waals surface area contributed by atoms with Crippen molar-refractivity contribution in [1.82, 2.24) is 9.47 Å². The lowest BCUT2D eigenvalue weighted by Gasteiger charge is -2.19. The lowest BCUT2D eigenvalue weighted by molar-refractivity contribution is 0.172. The van der Waals surface area contributed by atoms with Gasteiger partial charge in [-0.1, -0.05) is 0 Å². The number of hydrogen-bond acceptors (Lipinski definition) is 4. The molecule has 1 N–H and O–H groups in total. The Bertz CT molecular complexity index is 689. The Kier molecular flexibility index (Phi) is 4.14. The molecule has 0 saturated carbocycles. The topological polar surface area (TPSA) is 46.9 Å². The molecular formula is C18H24N2O3. The minimum atomic E-state index is 0.143. The Balaban J connectivity index is 1.67. The van der Waals surface area contributed by atoms with Gasteiger partial charge in [0.2, 0.25) is 0 Å². The molecule has 0 spiro atoms. The van der Waals surface area contributed by atoms with Crippen molar-refractivity contribution < 1.29 is 14.6 Å². The van der Waals surface area contributed by atoms with Crippen LogP contribution in [0, 0.1) is 0 Å². The highest BCUT2D eigenvalue weighted by molar-refractivity contribution is 5.87. The first-order valence-electron chi connectivity index (χ1n) is 8.60. The zero-order valence-corrected chi connectivity index (χ0v) is 13.5. The van der Waals surface area contributed by atoms with E-state index in [0.717, 1.165) is 30.0 Å². The molecule has 3 heterocycles. The van der Waals surface area contributed by atoms with Crippen molar-refractivity contribution in [1.29, 1.82) is 0 Å². The summed E-state index contributed by atoms with van der Waals surface area (Å²) < 4.78 is 13.6. The van der Waals surface area contributed by atoms with Gasteiger partial charge in [0.05, 0.1) is 12.1 Å². The summed E-state index contributed by atoms with van der Waals surface area (Å²) in [6, 6.07) is 4.16. The van der Waals surface area contributed by atoms with E-state index in [1.165, 1.54) is 36.9 Å². The van der Waals surface area contributed by atoms with Crippen LogP contribution in [-0.4, -0.2) is 54.0 Å². The normalized spacial score (nSPS) is 18.0. The highest BCUT2D eigenvalue weighted by Gasteiger charge is 2.18. The van der Waals surface area contributed by atoms with Gasteiger partial charge in [-0.25, -0.2) is 0 Å². The molecule has 1 fully saturated rings. The molecule has 0 amide bonds. The molecule has 2 aliphatic heterocycles. The summed E-state index contributed by atoms with van der Waals surface area (Å²) in [5, 5.41) is 10.6. The standard InChI is InChI=1S/C18H24N2O3/c21-8-7-20-13-14(3-6-19-4-1-2-5-19)15-11-17-18(12-16(15)20)23-10-9-22-17/h11-13,21H,1-10H2. The third kappa shape index (κ3) is 2.91.